The van der Waals surface area contributed by atoms with Crippen molar-refractivity contribution in [3.63, 3.8) is 0 Å². The lowest BCUT2D eigenvalue weighted by molar-refractivity contribution is -0.00712. The van der Waals surface area contributed by atoms with E-state index >= 15 is 0 Å². The second kappa shape index (κ2) is 7.24. The highest BCUT2D eigenvalue weighted by molar-refractivity contribution is 4.89. The van der Waals surface area contributed by atoms with E-state index in [1.165, 1.54) is 45.1 Å². The predicted molar refractivity (Wildman–Crippen MR) is 85.1 cm³/mol. The third-order valence-electron chi connectivity index (χ3n) is 5.22. The molecule has 3 heteroatoms. The van der Waals surface area contributed by atoms with E-state index in [-0.39, 0.29) is 0 Å². The zero-order valence-corrected chi connectivity index (χ0v) is 14.0. The van der Waals surface area contributed by atoms with E-state index < -0.39 is 0 Å². The van der Waals surface area contributed by atoms with Gasteiger partial charge in [0.05, 0.1) is 6.10 Å². The van der Waals surface area contributed by atoms with E-state index in [1.807, 2.05) is 0 Å². The molecule has 0 aromatic rings. The molecular weight excluding hydrogens is 248 g/mol. The van der Waals surface area contributed by atoms with Crippen molar-refractivity contribution >= 4 is 0 Å². The van der Waals surface area contributed by atoms with Gasteiger partial charge in [0.25, 0.3) is 0 Å². The summed E-state index contributed by atoms with van der Waals surface area (Å²) in [5.41, 5.74) is 0.514. The van der Waals surface area contributed by atoms with Crippen LogP contribution in [0.3, 0.4) is 0 Å². The third-order valence-corrected chi connectivity index (χ3v) is 5.22. The molecule has 1 aliphatic carbocycles. The molecule has 1 saturated carbocycles. The van der Waals surface area contributed by atoms with Gasteiger partial charge in [-0.3, -0.25) is 0 Å². The molecule has 3 nitrogen and oxygen atoms in total. The monoisotopic (exact) mass is 282 g/mol. The fourth-order valence-corrected chi connectivity index (χ4v) is 4.08. The minimum absolute atomic E-state index is 0.471. The van der Waals surface area contributed by atoms with E-state index in [4.69, 9.17) is 4.74 Å². The smallest absolute Gasteiger partial charge is 0.0701 e. The quantitative estimate of drug-likeness (QED) is 0.839. The molecule has 0 aromatic carbocycles. The number of nitrogens with zero attached hydrogens (tertiary/aromatic N) is 1. The minimum atomic E-state index is 0.471. The number of hydrogen-bond donors (Lipinski definition) is 1. The van der Waals surface area contributed by atoms with Crippen LogP contribution in [-0.2, 0) is 4.74 Å². The van der Waals surface area contributed by atoms with Crippen LogP contribution in [-0.4, -0.2) is 50.8 Å². The highest BCUT2D eigenvalue weighted by Crippen LogP contribution is 2.38. The summed E-state index contributed by atoms with van der Waals surface area (Å²) in [6, 6.07) is 0.692. The first-order valence-corrected chi connectivity index (χ1v) is 8.47. The predicted octanol–water partition coefficient (Wildman–Crippen LogP) is 2.90. The van der Waals surface area contributed by atoms with E-state index in [9.17, 15) is 0 Å². The number of rotatable bonds is 5. The van der Waals surface area contributed by atoms with Gasteiger partial charge in [-0.25, -0.2) is 0 Å². The van der Waals surface area contributed by atoms with Crippen molar-refractivity contribution in [3.8, 4) is 0 Å². The summed E-state index contributed by atoms with van der Waals surface area (Å²) in [6.45, 7) is 8.13. The number of likely N-dealkylation sites (N-methyl/N-ethyl adjacent to an activating group) is 1. The second-order valence-electron chi connectivity index (χ2n) is 7.77. The van der Waals surface area contributed by atoms with Crippen molar-refractivity contribution < 1.29 is 4.74 Å². The van der Waals surface area contributed by atoms with E-state index in [1.54, 1.807) is 0 Å². The topological polar surface area (TPSA) is 24.5 Å². The average molecular weight is 282 g/mol. The van der Waals surface area contributed by atoms with Crippen LogP contribution in [0.25, 0.3) is 0 Å². The molecule has 2 aliphatic rings. The van der Waals surface area contributed by atoms with Crippen molar-refractivity contribution in [1.82, 2.24) is 10.2 Å². The normalized spacial score (nSPS) is 34.4. The van der Waals surface area contributed by atoms with Crippen LogP contribution in [0.2, 0.25) is 0 Å². The van der Waals surface area contributed by atoms with Crippen LogP contribution < -0.4 is 5.32 Å². The zero-order chi connectivity index (χ0) is 14.6. The van der Waals surface area contributed by atoms with Gasteiger partial charge in [0.15, 0.2) is 0 Å². The molecule has 1 saturated heterocycles. The molecule has 1 heterocycles. The van der Waals surface area contributed by atoms with Gasteiger partial charge >= 0.3 is 0 Å². The number of ether oxygens (including phenoxy) is 1. The molecule has 1 aliphatic heterocycles. The first-order valence-electron chi connectivity index (χ1n) is 8.47. The first-order chi connectivity index (χ1) is 9.50. The standard InChI is InChI=1S/C17H34N2O/c1-17(2)9-8-16(18-3)14(11-17)12-19(4)13-15-7-5-6-10-20-15/h14-16,18H,5-13H2,1-4H3. The molecule has 0 amide bonds. The molecule has 0 radical (unpaired) electrons. The summed E-state index contributed by atoms with van der Waals surface area (Å²) in [4.78, 5) is 2.51. The fourth-order valence-electron chi connectivity index (χ4n) is 4.08. The van der Waals surface area contributed by atoms with Gasteiger partial charge in [0, 0.05) is 25.7 Å². The minimum Gasteiger partial charge on any atom is -0.377 e. The summed E-state index contributed by atoms with van der Waals surface area (Å²) < 4.78 is 5.87. The van der Waals surface area contributed by atoms with Gasteiger partial charge in [0.1, 0.15) is 0 Å². The van der Waals surface area contributed by atoms with Crippen LogP contribution in [0.4, 0.5) is 0 Å². The zero-order valence-electron chi connectivity index (χ0n) is 14.0. The average Bonchev–Trinajstić information content (AvgIpc) is 2.39. The SMILES string of the molecule is CNC1CCC(C)(C)CC1CN(C)CC1CCCCO1. The summed E-state index contributed by atoms with van der Waals surface area (Å²) in [5, 5.41) is 3.54. The molecule has 0 bridgehead atoms. The number of nitrogens with one attached hydrogen (secondary N) is 1. The van der Waals surface area contributed by atoms with Gasteiger partial charge in [0.2, 0.25) is 0 Å². The Morgan fingerprint density at radius 2 is 2.00 bits per heavy atom. The number of hydrogen-bond acceptors (Lipinski definition) is 3. The molecule has 2 rings (SSSR count). The van der Waals surface area contributed by atoms with Gasteiger partial charge < -0.3 is 15.0 Å². The first kappa shape index (κ1) is 16.3. The Morgan fingerprint density at radius 3 is 2.65 bits per heavy atom. The maximum atomic E-state index is 5.87. The summed E-state index contributed by atoms with van der Waals surface area (Å²) in [7, 11) is 4.40. The van der Waals surface area contributed by atoms with Gasteiger partial charge in [-0.2, -0.15) is 0 Å². The molecule has 0 aromatic heterocycles. The lowest BCUT2D eigenvalue weighted by Crippen LogP contribution is -2.47. The van der Waals surface area contributed by atoms with Crippen LogP contribution in [0.1, 0.15) is 52.4 Å². The molecule has 118 valence electrons. The van der Waals surface area contributed by atoms with E-state index in [0.717, 1.165) is 19.1 Å². The van der Waals surface area contributed by atoms with Crippen LogP contribution in [0.15, 0.2) is 0 Å². The molecular formula is C17H34N2O. The Kier molecular flexibility index (Phi) is 5.88. The van der Waals surface area contributed by atoms with Crippen molar-refractivity contribution in [3.05, 3.63) is 0 Å². The maximum Gasteiger partial charge on any atom is 0.0701 e. The molecule has 1 N–H and O–H groups in total. The highest BCUT2D eigenvalue weighted by Gasteiger charge is 2.34. The van der Waals surface area contributed by atoms with Crippen LogP contribution in [0.5, 0.6) is 0 Å². The Hall–Kier alpha value is -0.120. The lowest BCUT2D eigenvalue weighted by atomic mass is 9.69. The molecule has 2 fully saturated rings. The Labute approximate surface area is 125 Å². The van der Waals surface area contributed by atoms with E-state index in [2.05, 4.69) is 38.2 Å². The van der Waals surface area contributed by atoms with Crippen LogP contribution in [0, 0.1) is 11.3 Å². The summed E-state index contributed by atoms with van der Waals surface area (Å²) in [6.07, 6.45) is 8.32. The Bertz CT molecular complexity index is 287. The van der Waals surface area contributed by atoms with Gasteiger partial charge in [-0.05, 0) is 64.0 Å². The summed E-state index contributed by atoms with van der Waals surface area (Å²) in [5.74, 6) is 0.775. The largest absolute Gasteiger partial charge is 0.377 e. The fraction of sp³-hybridized carbons (Fsp3) is 1.00. The van der Waals surface area contributed by atoms with E-state index in [0.29, 0.717) is 17.6 Å². The second-order valence-corrected chi connectivity index (χ2v) is 7.77. The third kappa shape index (κ3) is 4.71. The molecule has 20 heavy (non-hydrogen) atoms. The van der Waals surface area contributed by atoms with Crippen molar-refractivity contribution in [2.24, 2.45) is 11.3 Å². The van der Waals surface area contributed by atoms with Gasteiger partial charge in [-0.1, -0.05) is 13.8 Å². The maximum absolute atomic E-state index is 5.87. The molecule has 0 spiro atoms. The van der Waals surface area contributed by atoms with Gasteiger partial charge in [-0.15, -0.1) is 0 Å². The Balaban J connectivity index is 1.82. The highest BCUT2D eigenvalue weighted by atomic mass is 16.5. The lowest BCUT2D eigenvalue weighted by Gasteiger charge is -2.42. The Morgan fingerprint density at radius 1 is 1.20 bits per heavy atom. The van der Waals surface area contributed by atoms with Crippen LogP contribution >= 0.6 is 0 Å². The van der Waals surface area contributed by atoms with Crippen molar-refractivity contribution in [1.29, 1.82) is 0 Å². The molecule has 3 unspecified atom stereocenters. The van der Waals surface area contributed by atoms with Crippen molar-refractivity contribution in [2.75, 3.05) is 33.8 Å². The summed E-state index contributed by atoms with van der Waals surface area (Å²) >= 11 is 0. The van der Waals surface area contributed by atoms with Crippen molar-refractivity contribution in [2.45, 2.75) is 64.5 Å². The molecule has 3 atom stereocenters.